The maximum absolute atomic E-state index is 11.6. The van der Waals surface area contributed by atoms with Crippen LogP contribution >= 0.6 is 22.9 Å². The topological polar surface area (TPSA) is 54.6 Å². The number of fused-ring (bicyclic) bond motifs is 1. The number of hydrogen-bond acceptors (Lipinski definition) is 3. The first-order chi connectivity index (χ1) is 10.0. The lowest BCUT2D eigenvalue weighted by molar-refractivity contribution is 0.0688. The Hall–Kier alpha value is -1.85. The van der Waals surface area contributed by atoms with Crippen molar-refractivity contribution >= 4 is 33.9 Å². The van der Waals surface area contributed by atoms with Crippen molar-refractivity contribution in [2.75, 3.05) is 0 Å². The van der Waals surface area contributed by atoms with Gasteiger partial charge >= 0.3 is 5.97 Å². The van der Waals surface area contributed by atoms with Crippen molar-refractivity contribution in [2.45, 2.75) is 20.3 Å². The number of carbonyl (C=O) groups is 1. The average molecular weight is 321 g/mol. The van der Waals surface area contributed by atoms with Gasteiger partial charge in [-0.05, 0) is 36.6 Å². The van der Waals surface area contributed by atoms with E-state index < -0.39 is 5.97 Å². The first kappa shape index (κ1) is 14.1. The highest BCUT2D eigenvalue weighted by atomic mass is 35.5. The second kappa shape index (κ2) is 5.16. The fraction of sp³-hybridized carbons (Fsp3) is 0.200. The van der Waals surface area contributed by atoms with E-state index in [2.05, 4.69) is 4.98 Å². The summed E-state index contributed by atoms with van der Waals surface area (Å²) in [7, 11) is 0. The molecule has 0 unspecified atom stereocenters. The number of imidazole rings is 1. The van der Waals surface area contributed by atoms with Gasteiger partial charge < -0.3 is 5.11 Å². The second-order valence-corrected chi connectivity index (χ2v) is 6.01. The Labute approximate surface area is 130 Å². The number of halogens is 1. The van der Waals surface area contributed by atoms with E-state index in [0.29, 0.717) is 22.1 Å². The Bertz CT molecular complexity index is 851. The summed E-state index contributed by atoms with van der Waals surface area (Å²) in [4.78, 5) is 16.7. The van der Waals surface area contributed by atoms with Gasteiger partial charge in [0, 0.05) is 10.4 Å². The largest absolute Gasteiger partial charge is 0.477 e. The number of carboxylic acid groups (broad SMARTS) is 1. The van der Waals surface area contributed by atoms with Crippen LogP contribution in [0.25, 0.3) is 16.2 Å². The molecule has 2 aromatic heterocycles. The van der Waals surface area contributed by atoms with E-state index in [0.717, 1.165) is 16.8 Å². The summed E-state index contributed by atoms with van der Waals surface area (Å²) in [6.07, 6.45) is 0.592. The van der Waals surface area contributed by atoms with Gasteiger partial charge in [0.15, 0.2) is 10.7 Å². The number of benzene rings is 1. The summed E-state index contributed by atoms with van der Waals surface area (Å²) in [5.41, 5.74) is 3.59. The number of aromatic nitrogens is 2. The van der Waals surface area contributed by atoms with Crippen LogP contribution in [0.5, 0.6) is 0 Å². The lowest BCUT2D eigenvalue weighted by Crippen LogP contribution is -2.05. The van der Waals surface area contributed by atoms with Crippen molar-refractivity contribution in [1.29, 1.82) is 0 Å². The molecule has 4 nitrogen and oxygen atoms in total. The van der Waals surface area contributed by atoms with Crippen LogP contribution in [0.1, 0.15) is 28.7 Å². The van der Waals surface area contributed by atoms with Gasteiger partial charge in [0.05, 0.1) is 11.4 Å². The number of nitrogens with zero attached hydrogens (tertiary/aromatic N) is 2. The molecule has 0 aliphatic carbocycles. The Balaban J connectivity index is 2.30. The minimum absolute atomic E-state index is 0.247. The molecule has 0 fully saturated rings. The predicted molar refractivity (Wildman–Crippen MR) is 84.6 cm³/mol. The summed E-state index contributed by atoms with van der Waals surface area (Å²) < 4.78 is 1.72. The van der Waals surface area contributed by atoms with Gasteiger partial charge in [-0.2, -0.15) is 0 Å². The van der Waals surface area contributed by atoms with Crippen LogP contribution in [0.4, 0.5) is 0 Å². The summed E-state index contributed by atoms with van der Waals surface area (Å²) in [5, 5.41) is 12.1. The summed E-state index contributed by atoms with van der Waals surface area (Å²) >= 11 is 7.50. The SMILES string of the molecule is CCc1nc2scc(-c3ccc(Cl)c(C)c3)n2c1C(=O)O. The molecule has 1 N–H and O–H groups in total. The van der Waals surface area contributed by atoms with E-state index in [1.54, 1.807) is 4.40 Å². The van der Waals surface area contributed by atoms with Gasteiger partial charge in [0.25, 0.3) is 0 Å². The Morgan fingerprint density at radius 2 is 2.24 bits per heavy atom. The van der Waals surface area contributed by atoms with Crippen molar-refractivity contribution in [3.8, 4) is 11.3 Å². The molecule has 0 amide bonds. The first-order valence-electron chi connectivity index (χ1n) is 6.51. The lowest BCUT2D eigenvalue weighted by Gasteiger charge is -2.05. The minimum Gasteiger partial charge on any atom is -0.477 e. The van der Waals surface area contributed by atoms with E-state index in [4.69, 9.17) is 11.6 Å². The molecule has 0 spiro atoms. The summed E-state index contributed by atoms with van der Waals surface area (Å²) in [6.45, 7) is 3.84. The van der Waals surface area contributed by atoms with Gasteiger partial charge in [0.2, 0.25) is 0 Å². The maximum Gasteiger partial charge on any atom is 0.354 e. The van der Waals surface area contributed by atoms with E-state index >= 15 is 0 Å². The van der Waals surface area contributed by atoms with E-state index in [9.17, 15) is 9.90 Å². The Morgan fingerprint density at radius 1 is 1.48 bits per heavy atom. The Morgan fingerprint density at radius 3 is 2.86 bits per heavy atom. The van der Waals surface area contributed by atoms with Crippen LogP contribution in [0.3, 0.4) is 0 Å². The molecule has 1 aromatic carbocycles. The number of aromatic carboxylic acids is 1. The first-order valence-corrected chi connectivity index (χ1v) is 7.77. The molecule has 6 heteroatoms. The van der Waals surface area contributed by atoms with Gasteiger partial charge in [-0.1, -0.05) is 24.6 Å². The van der Waals surface area contributed by atoms with E-state index in [-0.39, 0.29) is 5.69 Å². The van der Waals surface area contributed by atoms with Gasteiger partial charge in [-0.3, -0.25) is 4.40 Å². The third-order valence-corrected chi connectivity index (χ3v) is 4.68. The monoisotopic (exact) mass is 320 g/mol. The maximum atomic E-state index is 11.6. The molecule has 0 saturated carbocycles. The number of rotatable bonds is 3. The zero-order chi connectivity index (χ0) is 15.1. The molecule has 0 bridgehead atoms. The van der Waals surface area contributed by atoms with Gasteiger partial charge in [-0.25, -0.2) is 9.78 Å². The van der Waals surface area contributed by atoms with Crippen molar-refractivity contribution < 1.29 is 9.90 Å². The van der Waals surface area contributed by atoms with Crippen molar-refractivity contribution in [3.63, 3.8) is 0 Å². The van der Waals surface area contributed by atoms with Crippen LogP contribution < -0.4 is 0 Å². The van der Waals surface area contributed by atoms with Gasteiger partial charge in [0.1, 0.15) is 0 Å². The van der Waals surface area contributed by atoms with Crippen LogP contribution in [0, 0.1) is 6.92 Å². The Kier molecular flexibility index (Phi) is 3.47. The smallest absolute Gasteiger partial charge is 0.354 e. The average Bonchev–Trinajstić information content (AvgIpc) is 2.99. The van der Waals surface area contributed by atoms with Gasteiger partial charge in [-0.15, -0.1) is 11.3 Å². The third-order valence-electron chi connectivity index (χ3n) is 3.43. The molecule has 0 aliphatic rings. The molecular weight excluding hydrogens is 308 g/mol. The predicted octanol–water partition coefficient (Wildman–Crippen LogP) is 4.29. The third kappa shape index (κ3) is 2.22. The highest BCUT2D eigenvalue weighted by Gasteiger charge is 2.21. The molecule has 0 atom stereocenters. The number of aryl methyl sites for hydroxylation is 2. The van der Waals surface area contributed by atoms with E-state index in [1.165, 1.54) is 11.3 Å². The molecule has 0 radical (unpaired) electrons. The van der Waals surface area contributed by atoms with Crippen LogP contribution in [0.2, 0.25) is 5.02 Å². The fourth-order valence-corrected chi connectivity index (χ4v) is 3.41. The molecular formula is C15H13ClN2O2S. The zero-order valence-corrected chi connectivity index (χ0v) is 13.1. The molecule has 3 aromatic rings. The van der Waals surface area contributed by atoms with Crippen molar-refractivity contribution in [3.05, 3.63) is 45.6 Å². The number of carboxylic acids is 1. The zero-order valence-electron chi connectivity index (χ0n) is 11.6. The minimum atomic E-state index is -0.954. The van der Waals surface area contributed by atoms with Crippen LogP contribution in [-0.4, -0.2) is 20.5 Å². The fourth-order valence-electron chi connectivity index (χ4n) is 2.37. The van der Waals surface area contributed by atoms with Crippen molar-refractivity contribution in [2.24, 2.45) is 0 Å². The molecule has 21 heavy (non-hydrogen) atoms. The summed E-state index contributed by atoms with van der Waals surface area (Å²) in [5.74, 6) is -0.954. The quantitative estimate of drug-likeness (QED) is 0.783. The van der Waals surface area contributed by atoms with Crippen LogP contribution in [0.15, 0.2) is 23.6 Å². The number of thiazole rings is 1. The lowest BCUT2D eigenvalue weighted by atomic mass is 10.1. The normalized spacial score (nSPS) is 11.2. The highest BCUT2D eigenvalue weighted by molar-refractivity contribution is 7.15. The van der Waals surface area contributed by atoms with Crippen molar-refractivity contribution in [1.82, 2.24) is 9.38 Å². The summed E-state index contributed by atoms with van der Waals surface area (Å²) in [6, 6.07) is 5.68. The second-order valence-electron chi connectivity index (χ2n) is 4.77. The molecule has 0 saturated heterocycles. The molecule has 3 rings (SSSR count). The molecule has 2 heterocycles. The van der Waals surface area contributed by atoms with Crippen LogP contribution in [-0.2, 0) is 6.42 Å². The highest BCUT2D eigenvalue weighted by Crippen LogP contribution is 2.31. The number of hydrogen-bond donors (Lipinski definition) is 1. The molecule has 0 aliphatic heterocycles. The standard InChI is InChI=1S/C15H13ClN2O2S/c1-3-11-13(14(19)20)18-12(7-21-15(18)17-11)9-4-5-10(16)8(2)6-9/h4-7H,3H2,1-2H3,(H,19,20). The molecule has 108 valence electrons. The van der Waals surface area contributed by atoms with E-state index in [1.807, 2.05) is 37.4 Å².